The van der Waals surface area contributed by atoms with Gasteiger partial charge in [0.2, 0.25) is 0 Å². The van der Waals surface area contributed by atoms with Gasteiger partial charge in [0.25, 0.3) is 0 Å². The zero-order valence-electron chi connectivity index (χ0n) is 4.48. The van der Waals surface area contributed by atoms with E-state index in [9.17, 15) is 0 Å². The van der Waals surface area contributed by atoms with E-state index in [0.29, 0.717) is 0 Å². The molecule has 7 heavy (non-hydrogen) atoms. The fraction of sp³-hybridized carbons (Fsp3) is 1.00. The predicted molar refractivity (Wildman–Crippen MR) is 29.1 cm³/mol. The Kier molecular flexibility index (Phi) is 0.680. The quantitative estimate of drug-likeness (QED) is 0.509. The summed E-state index contributed by atoms with van der Waals surface area (Å²) in [6.45, 7) is 1.28. The summed E-state index contributed by atoms with van der Waals surface area (Å²) < 4.78 is 0. The summed E-state index contributed by atoms with van der Waals surface area (Å²) in [6.07, 6.45) is 4.44. The van der Waals surface area contributed by atoms with Gasteiger partial charge in [-0.1, -0.05) is 0 Å². The molecule has 0 bridgehead atoms. The van der Waals surface area contributed by atoms with Crippen LogP contribution in [0.4, 0.5) is 0 Å². The lowest BCUT2D eigenvalue weighted by Gasteiger charge is -2.27. The van der Waals surface area contributed by atoms with E-state index in [0.717, 1.165) is 12.0 Å². The average molecular weight is 97.2 g/mol. The summed E-state index contributed by atoms with van der Waals surface area (Å²) in [4.78, 5) is 0. The minimum absolute atomic E-state index is 0.944. The second kappa shape index (κ2) is 1.22. The maximum atomic E-state index is 3.41. The van der Waals surface area contributed by atoms with E-state index < -0.39 is 0 Å². The molecule has 0 aromatic rings. The minimum atomic E-state index is 0.944. The molecule has 2 fully saturated rings. The molecule has 0 unspecified atom stereocenters. The van der Waals surface area contributed by atoms with Crippen molar-refractivity contribution >= 4 is 0 Å². The van der Waals surface area contributed by atoms with Crippen molar-refractivity contribution in [1.29, 1.82) is 0 Å². The molecule has 1 heterocycles. The molecule has 0 radical (unpaired) electrons. The first-order chi connectivity index (χ1) is 3.47. The van der Waals surface area contributed by atoms with Crippen LogP contribution in [0, 0.1) is 5.92 Å². The maximum Gasteiger partial charge on any atom is 0.0107 e. The summed E-state index contributed by atoms with van der Waals surface area (Å²) >= 11 is 0. The van der Waals surface area contributed by atoms with Gasteiger partial charge in [0, 0.05) is 6.04 Å². The molecule has 1 atom stereocenters. The van der Waals surface area contributed by atoms with E-state index in [2.05, 4.69) is 5.32 Å². The fourth-order valence-corrected chi connectivity index (χ4v) is 1.21. The van der Waals surface area contributed by atoms with E-state index in [-0.39, 0.29) is 0 Å². The van der Waals surface area contributed by atoms with Crippen LogP contribution in [0.25, 0.3) is 0 Å². The Balaban J connectivity index is 1.83. The molecule has 1 saturated carbocycles. The van der Waals surface area contributed by atoms with Gasteiger partial charge in [-0.2, -0.15) is 0 Å². The van der Waals surface area contributed by atoms with Crippen LogP contribution in [0.15, 0.2) is 0 Å². The molecule has 0 aromatic carbocycles. The highest BCUT2D eigenvalue weighted by atomic mass is 15.0. The summed E-state index contributed by atoms with van der Waals surface area (Å²) in [7, 11) is 0. The van der Waals surface area contributed by atoms with Gasteiger partial charge in [0.05, 0.1) is 0 Å². The highest BCUT2D eigenvalue weighted by molar-refractivity contribution is 4.91. The number of rotatable bonds is 1. The Morgan fingerprint density at radius 2 is 1.86 bits per heavy atom. The van der Waals surface area contributed by atoms with E-state index in [1.807, 2.05) is 0 Å². The average Bonchev–Trinajstić information content (AvgIpc) is 2.10. The fourth-order valence-electron chi connectivity index (χ4n) is 1.21. The van der Waals surface area contributed by atoms with Crippen LogP contribution < -0.4 is 5.32 Å². The standard InChI is InChI=1S/C6H11N/c1-2-5(1)6-3-4-7-6/h5-7H,1-4H2/t6-/m1/s1. The van der Waals surface area contributed by atoms with E-state index in [4.69, 9.17) is 0 Å². The van der Waals surface area contributed by atoms with Crippen molar-refractivity contribution in [3.8, 4) is 0 Å². The second-order valence-corrected chi connectivity index (χ2v) is 2.69. The molecule has 0 aromatic heterocycles. The first-order valence-electron chi connectivity index (χ1n) is 3.20. The molecular weight excluding hydrogens is 86.1 g/mol. The first kappa shape index (κ1) is 3.90. The van der Waals surface area contributed by atoms with Crippen molar-refractivity contribution in [2.45, 2.75) is 25.3 Å². The molecule has 1 heteroatoms. The van der Waals surface area contributed by atoms with Gasteiger partial charge in [0.1, 0.15) is 0 Å². The van der Waals surface area contributed by atoms with Crippen LogP contribution in [-0.2, 0) is 0 Å². The van der Waals surface area contributed by atoms with Crippen LogP contribution >= 0.6 is 0 Å². The lowest BCUT2D eigenvalue weighted by atomic mass is 10.0. The second-order valence-electron chi connectivity index (χ2n) is 2.69. The van der Waals surface area contributed by atoms with Gasteiger partial charge in [-0.05, 0) is 31.7 Å². The van der Waals surface area contributed by atoms with Crippen LogP contribution in [0.1, 0.15) is 19.3 Å². The van der Waals surface area contributed by atoms with Gasteiger partial charge < -0.3 is 5.32 Å². The summed E-state index contributed by atoms with van der Waals surface area (Å²) in [5.41, 5.74) is 0. The normalized spacial score (nSPS) is 40.3. The summed E-state index contributed by atoms with van der Waals surface area (Å²) in [5.74, 6) is 1.09. The molecule has 0 spiro atoms. The molecule has 2 aliphatic rings. The van der Waals surface area contributed by atoms with Gasteiger partial charge in [-0.15, -0.1) is 0 Å². The van der Waals surface area contributed by atoms with Crippen LogP contribution in [0.5, 0.6) is 0 Å². The Labute approximate surface area is 44.1 Å². The van der Waals surface area contributed by atoms with Gasteiger partial charge >= 0.3 is 0 Å². The molecule has 2 rings (SSSR count). The SMILES string of the molecule is C1C[C@H](C2CC2)N1. The highest BCUT2D eigenvalue weighted by Crippen LogP contribution is 2.35. The molecular formula is C6H11N. The van der Waals surface area contributed by atoms with Crippen molar-refractivity contribution in [3.05, 3.63) is 0 Å². The summed E-state index contributed by atoms with van der Waals surface area (Å²) in [6, 6.07) is 0.944. The van der Waals surface area contributed by atoms with Gasteiger partial charge in [-0.25, -0.2) is 0 Å². The minimum Gasteiger partial charge on any atom is -0.314 e. The number of hydrogen-bond acceptors (Lipinski definition) is 1. The molecule has 1 aliphatic carbocycles. The smallest absolute Gasteiger partial charge is 0.0107 e. The molecule has 1 saturated heterocycles. The highest BCUT2D eigenvalue weighted by Gasteiger charge is 2.34. The van der Waals surface area contributed by atoms with E-state index in [1.54, 1.807) is 0 Å². The molecule has 0 amide bonds. The third-order valence-corrected chi connectivity index (χ3v) is 2.05. The third-order valence-electron chi connectivity index (χ3n) is 2.05. The lowest BCUT2D eigenvalue weighted by molar-refractivity contribution is 0.334. The Hall–Kier alpha value is -0.0400. The van der Waals surface area contributed by atoms with Crippen molar-refractivity contribution in [2.24, 2.45) is 5.92 Å². The predicted octanol–water partition coefficient (Wildman–Crippen LogP) is 0.758. The van der Waals surface area contributed by atoms with E-state index in [1.165, 1.54) is 25.8 Å². The van der Waals surface area contributed by atoms with Crippen LogP contribution in [-0.4, -0.2) is 12.6 Å². The Morgan fingerprint density at radius 1 is 1.14 bits per heavy atom. The third kappa shape index (κ3) is 0.556. The van der Waals surface area contributed by atoms with Crippen molar-refractivity contribution < 1.29 is 0 Å². The number of nitrogens with one attached hydrogen (secondary N) is 1. The van der Waals surface area contributed by atoms with Crippen molar-refractivity contribution in [3.63, 3.8) is 0 Å². The molecule has 1 nitrogen and oxygen atoms in total. The molecule has 1 N–H and O–H groups in total. The van der Waals surface area contributed by atoms with E-state index >= 15 is 0 Å². The Morgan fingerprint density at radius 3 is 2.00 bits per heavy atom. The van der Waals surface area contributed by atoms with Crippen LogP contribution in [0.2, 0.25) is 0 Å². The lowest BCUT2D eigenvalue weighted by Crippen LogP contribution is -2.44. The topological polar surface area (TPSA) is 12.0 Å². The van der Waals surface area contributed by atoms with Crippen molar-refractivity contribution in [1.82, 2.24) is 5.32 Å². The van der Waals surface area contributed by atoms with Crippen LogP contribution in [0.3, 0.4) is 0 Å². The van der Waals surface area contributed by atoms with Gasteiger partial charge in [0.15, 0.2) is 0 Å². The monoisotopic (exact) mass is 97.1 g/mol. The Bertz CT molecular complexity index is 72.2. The molecule has 1 aliphatic heterocycles. The maximum absolute atomic E-state index is 3.41. The van der Waals surface area contributed by atoms with Gasteiger partial charge in [-0.3, -0.25) is 0 Å². The van der Waals surface area contributed by atoms with Crippen molar-refractivity contribution in [2.75, 3.05) is 6.54 Å². The zero-order chi connectivity index (χ0) is 4.69. The number of hydrogen-bond donors (Lipinski definition) is 1. The molecule has 40 valence electrons. The zero-order valence-corrected chi connectivity index (χ0v) is 4.48. The largest absolute Gasteiger partial charge is 0.314 e. The summed E-state index contributed by atoms with van der Waals surface area (Å²) in [5, 5.41) is 3.41. The first-order valence-corrected chi connectivity index (χ1v) is 3.20.